The largest absolute Gasteiger partial charge is 0.328 e. The van der Waals surface area contributed by atoms with Crippen LogP contribution < -0.4 is 5.73 Å². The number of rotatable bonds is 6. The van der Waals surface area contributed by atoms with Gasteiger partial charge in [-0.2, -0.15) is 0 Å². The molecular formula is C15H26N2S. The van der Waals surface area contributed by atoms with Gasteiger partial charge in [0.1, 0.15) is 0 Å². The molecule has 2 unspecified atom stereocenters. The maximum Gasteiger partial charge on any atom is 0.0245 e. The van der Waals surface area contributed by atoms with Crippen molar-refractivity contribution in [3.05, 3.63) is 21.9 Å². The Hall–Kier alpha value is -0.380. The van der Waals surface area contributed by atoms with Crippen LogP contribution in [0.15, 0.2) is 11.4 Å². The second-order valence-corrected chi connectivity index (χ2v) is 6.87. The van der Waals surface area contributed by atoms with E-state index in [1.165, 1.54) is 38.8 Å². The molecule has 0 aromatic carbocycles. The third-order valence-corrected chi connectivity index (χ3v) is 4.84. The molecule has 102 valence electrons. The highest BCUT2D eigenvalue weighted by atomic mass is 32.1. The van der Waals surface area contributed by atoms with Crippen molar-refractivity contribution in [3.63, 3.8) is 0 Å². The van der Waals surface area contributed by atoms with Crippen LogP contribution in [-0.2, 0) is 13.0 Å². The second-order valence-electron chi connectivity index (χ2n) is 5.87. The normalized spacial score (nSPS) is 19.5. The van der Waals surface area contributed by atoms with E-state index < -0.39 is 0 Å². The van der Waals surface area contributed by atoms with Crippen molar-refractivity contribution in [1.29, 1.82) is 0 Å². The van der Waals surface area contributed by atoms with Gasteiger partial charge in [0.15, 0.2) is 0 Å². The Kier molecular flexibility index (Phi) is 5.22. The molecule has 0 radical (unpaired) electrons. The van der Waals surface area contributed by atoms with Crippen molar-refractivity contribution < 1.29 is 0 Å². The van der Waals surface area contributed by atoms with Crippen LogP contribution >= 0.6 is 11.3 Å². The standard InChI is InChI=1S/C15H26N2S/c1-12(4-3-5-13(2)16)10-17-8-6-15-14(11-17)7-9-18-15/h7,9,12-13H,3-6,8,10-11,16H2,1-2H3. The number of fused-ring (bicyclic) bond motifs is 1. The van der Waals surface area contributed by atoms with Crippen molar-refractivity contribution in [3.8, 4) is 0 Å². The van der Waals surface area contributed by atoms with Crippen molar-refractivity contribution in [2.45, 2.75) is 52.1 Å². The van der Waals surface area contributed by atoms with Crippen molar-refractivity contribution in [2.24, 2.45) is 11.7 Å². The van der Waals surface area contributed by atoms with Gasteiger partial charge in [-0.25, -0.2) is 0 Å². The summed E-state index contributed by atoms with van der Waals surface area (Å²) in [7, 11) is 0. The Bertz CT molecular complexity index is 359. The Labute approximate surface area is 115 Å². The van der Waals surface area contributed by atoms with E-state index in [2.05, 4.69) is 30.2 Å². The Balaban J connectivity index is 1.71. The van der Waals surface area contributed by atoms with Gasteiger partial charge in [0.25, 0.3) is 0 Å². The van der Waals surface area contributed by atoms with E-state index in [4.69, 9.17) is 5.73 Å². The van der Waals surface area contributed by atoms with Crippen molar-refractivity contribution in [2.75, 3.05) is 13.1 Å². The highest BCUT2D eigenvalue weighted by molar-refractivity contribution is 7.10. The molecule has 2 atom stereocenters. The topological polar surface area (TPSA) is 29.3 Å². The summed E-state index contributed by atoms with van der Waals surface area (Å²) in [4.78, 5) is 4.22. The van der Waals surface area contributed by atoms with Crippen LogP contribution in [-0.4, -0.2) is 24.0 Å². The molecule has 0 spiro atoms. The Morgan fingerprint density at radius 1 is 1.39 bits per heavy atom. The second kappa shape index (κ2) is 6.69. The van der Waals surface area contributed by atoms with Gasteiger partial charge in [-0.05, 0) is 49.1 Å². The molecule has 0 amide bonds. The van der Waals surface area contributed by atoms with E-state index in [0.29, 0.717) is 6.04 Å². The van der Waals surface area contributed by atoms with Crippen LogP contribution in [0.2, 0.25) is 0 Å². The average molecular weight is 266 g/mol. The molecule has 2 N–H and O–H groups in total. The van der Waals surface area contributed by atoms with Crippen molar-refractivity contribution >= 4 is 11.3 Å². The van der Waals surface area contributed by atoms with E-state index in [1.807, 2.05) is 11.3 Å². The van der Waals surface area contributed by atoms with Crippen molar-refractivity contribution in [1.82, 2.24) is 4.90 Å². The molecule has 0 saturated heterocycles. The van der Waals surface area contributed by atoms with Gasteiger partial charge < -0.3 is 5.73 Å². The molecule has 1 aromatic rings. The van der Waals surface area contributed by atoms with Crippen LogP contribution in [0, 0.1) is 5.92 Å². The molecule has 3 heteroatoms. The highest BCUT2D eigenvalue weighted by Gasteiger charge is 2.18. The van der Waals surface area contributed by atoms with Gasteiger partial charge in [-0.1, -0.05) is 13.3 Å². The summed E-state index contributed by atoms with van der Waals surface area (Å²) >= 11 is 1.92. The molecule has 1 aromatic heterocycles. The molecule has 2 nitrogen and oxygen atoms in total. The van der Waals surface area contributed by atoms with Crippen LogP contribution in [0.5, 0.6) is 0 Å². The smallest absolute Gasteiger partial charge is 0.0245 e. The first-order valence-corrected chi connectivity index (χ1v) is 8.06. The molecule has 1 aliphatic rings. The maximum absolute atomic E-state index is 5.79. The number of hydrogen-bond acceptors (Lipinski definition) is 3. The number of hydrogen-bond donors (Lipinski definition) is 1. The van der Waals surface area contributed by atoms with Crippen LogP contribution in [0.3, 0.4) is 0 Å². The van der Waals surface area contributed by atoms with E-state index in [-0.39, 0.29) is 0 Å². The average Bonchev–Trinajstić information content (AvgIpc) is 2.75. The molecule has 2 rings (SSSR count). The maximum atomic E-state index is 5.79. The number of nitrogens with two attached hydrogens (primary N) is 1. The Morgan fingerprint density at radius 3 is 3.00 bits per heavy atom. The van der Waals surface area contributed by atoms with Gasteiger partial charge in [-0.15, -0.1) is 11.3 Å². The predicted octanol–water partition coefficient (Wildman–Crippen LogP) is 3.26. The zero-order valence-corrected chi connectivity index (χ0v) is 12.5. The number of thiophene rings is 1. The summed E-state index contributed by atoms with van der Waals surface area (Å²) in [5, 5.41) is 2.24. The van der Waals surface area contributed by atoms with Gasteiger partial charge in [0.05, 0.1) is 0 Å². The minimum absolute atomic E-state index is 0.362. The molecular weight excluding hydrogens is 240 g/mol. The molecule has 0 bridgehead atoms. The molecule has 0 fully saturated rings. The van der Waals surface area contributed by atoms with Gasteiger partial charge in [-0.3, -0.25) is 4.90 Å². The molecule has 0 saturated carbocycles. The lowest BCUT2D eigenvalue weighted by Gasteiger charge is -2.29. The zero-order valence-electron chi connectivity index (χ0n) is 11.7. The summed E-state index contributed by atoms with van der Waals surface area (Å²) < 4.78 is 0. The third-order valence-electron chi connectivity index (χ3n) is 3.81. The lowest BCUT2D eigenvalue weighted by molar-refractivity contribution is 0.214. The fourth-order valence-electron chi connectivity index (χ4n) is 2.78. The minimum atomic E-state index is 0.362. The van der Waals surface area contributed by atoms with E-state index in [1.54, 1.807) is 10.4 Å². The van der Waals surface area contributed by atoms with Crippen LogP contribution in [0.1, 0.15) is 43.6 Å². The lowest BCUT2D eigenvalue weighted by atomic mass is 10.0. The fourth-order valence-corrected chi connectivity index (χ4v) is 3.67. The van der Waals surface area contributed by atoms with E-state index in [0.717, 1.165) is 12.5 Å². The Morgan fingerprint density at radius 2 is 2.22 bits per heavy atom. The number of nitrogens with zero attached hydrogens (tertiary/aromatic N) is 1. The highest BCUT2D eigenvalue weighted by Crippen LogP contribution is 2.25. The lowest BCUT2D eigenvalue weighted by Crippen LogP contribution is -2.33. The van der Waals surface area contributed by atoms with E-state index >= 15 is 0 Å². The minimum Gasteiger partial charge on any atom is -0.328 e. The van der Waals surface area contributed by atoms with E-state index in [9.17, 15) is 0 Å². The van der Waals surface area contributed by atoms with Gasteiger partial charge in [0.2, 0.25) is 0 Å². The van der Waals surface area contributed by atoms with Crippen LogP contribution in [0.25, 0.3) is 0 Å². The summed E-state index contributed by atoms with van der Waals surface area (Å²) in [6, 6.07) is 2.66. The summed E-state index contributed by atoms with van der Waals surface area (Å²) in [5.41, 5.74) is 7.36. The predicted molar refractivity (Wildman–Crippen MR) is 80.0 cm³/mol. The van der Waals surface area contributed by atoms with Crippen LogP contribution in [0.4, 0.5) is 0 Å². The zero-order chi connectivity index (χ0) is 13.0. The summed E-state index contributed by atoms with van der Waals surface area (Å²) in [6.45, 7) is 8.13. The molecule has 2 heterocycles. The van der Waals surface area contributed by atoms with Gasteiger partial charge in [0, 0.05) is 30.6 Å². The summed E-state index contributed by atoms with van der Waals surface area (Å²) in [5.74, 6) is 0.795. The monoisotopic (exact) mass is 266 g/mol. The molecule has 0 aliphatic carbocycles. The summed E-state index contributed by atoms with van der Waals surface area (Å²) in [6.07, 6.45) is 5.00. The first kappa shape index (κ1) is 14.0. The first-order chi connectivity index (χ1) is 8.65. The fraction of sp³-hybridized carbons (Fsp3) is 0.733. The SMILES string of the molecule is CC(N)CCCC(C)CN1CCc2sccc2C1. The van der Waals surface area contributed by atoms with Gasteiger partial charge >= 0.3 is 0 Å². The first-order valence-electron chi connectivity index (χ1n) is 7.18. The molecule has 1 aliphatic heterocycles. The quantitative estimate of drug-likeness (QED) is 0.856. The third kappa shape index (κ3) is 4.08. The molecule has 18 heavy (non-hydrogen) atoms.